The van der Waals surface area contributed by atoms with Gasteiger partial charge in [0.05, 0.1) is 0 Å². The summed E-state index contributed by atoms with van der Waals surface area (Å²) in [6.07, 6.45) is 6.33. The van der Waals surface area contributed by atoms with Crippen LogP contribution in [0.25, 0.3) is 0 Å². The van der Waals surface area contributed by atoms with E-state index in [1.165, 1.54) is 38.2 Å². The fourth-order valence-electron chi connectivity index (χ4n) is 2.36. The van der Waals surface area contributed by atoms with E-state index in [-0.39, 0.29) is 0 Å². The van der Waals surface area contributed by atoms with Crippen LogP contribution in [0.3, 0.4) is 0 Å². The minimum Gasteiger partial charge on any atom is -0.323 e. The first-order valence-corrected chi connectivity index (χ1v) is 7.54. The smallest absolute Gasteiger partial charge is 0.128 e. The maximum Gasteiger partial charge on any atom is 0.128 e. The number of hydrogen-bond donors (Lipinski definition) is 1. The Morgan fingerprint density at radius 2 is 1.94 bits per heavy atom. The molecular weight excluding hydrogens is 252 g/mol. The summed E-state index contributed by atoms with van der Waals surface area (Å²) in [7, 11) is 0. The average molecular weight is 271 g/mol. The van der Waals surface area contributed by atoms with Crippen LogP contribution in [0.2, 0.25) is 0 Å². The fraction of sp³-hybridized carbons (Fsp3) is 0.571. The van der Waals surface area contributed by atoms with E-state index in [0.717, 1.165) is 12.1 Å². The topological polar surface area (TPSA) is 26.0 Å². The zero-order chi connectivity index (χ0) is 13.0. The SMILES string of the molecule is NC(CSC1CCCCC1)c1cc(F)ccc1F. The number of thioether (sulfide) groups is 1. The van der Waals surface area contributed by atoms with Crippen molar-refractivity contribution < 1.29 is 8.78 Å². The fourth-order valence-corrected chi connectivity index (χ4v) is 3.69. The van der Waals surface area contributed by atoms with E-state index in [4.69, 9.17) is 5.73 Å². The summed E-state index contributed by atoms with van der Waals surface area (Å²) in [4.78, 5) is 0. The van der Waals surface area contributed by atoms with E-state index in [0.29, 0.717) is 16.6 Å². The predicted molar refractivity (Wildman–Crippen MR) is 72.6 cm³/mol. The number of rotatable bonds is 4. The van der Waals surface area contributed by atoms with Crippen LogP contribution in [-0.4, -0.2) is 11.0 Å². The van der Waals surface area contributed by atoms with Crippen molar-refractivity contribution in [2.24, 2.45) is 5.73 Å². The molecule has 4 heteroatoms. The molecule has 1 aromatic carbocycles. The molecular formula is C14H19F2NS. The van der Waals surface area contributed by atoms with Crippen LogP contribution >= 0.6 is 11.8 Å². The van der Waals surface area contributed by atoms with Crippen molar-refractivity contribution in [3.63, 3.8) is 0 Å². The lowest BCUT2D eigenvalue weighted by Crippen LogP contribution is -2.18. The Morgan fingerprint density at radius 3 is 2.67 bits per heavy atom. The van der Waals surface area contributed by atoms with E-state index >= 15 is 0 Å². The highest BCUT2D eigenvalue weighted by atomic mass is 32.2. The molecule has 1 nitrogen and oxygen atoms in total. The Balaban J connectivity index is 1.90. The summed E-state index contributed by atoms with van der Waals surface area (Å²) >= 11 is 1.80. The van der Waals surface area contributed by atoms with Crippen LogP contribution in [-0.2, 0) is 0 Å². The van der Waals surface area contributed by atoms with Crippen LogP contribution < -0.4 is 5.73 Å². The lowest BCUT2D eigenvalue weighted by molar-refractivity contribution is 0.515. The van der Waals surface area contributed by atoms with Gasteiger partial charge in [-0.05, 0) is 31.0 Å². The normalized spacial score (nSPS) is 18.8. The Morgan fingerprint density at radius 1 is 1.22 bits per heavy atom. The Bertz CT molecular complexity index is 391. The van der Waals surface area contributed by atoms with Crippen LogP contribution in [0.1, 0.15) is 43.7 Å². The van der Waals surface area contributed by atoms with Gasteiger partial charge in [0.2, 0.25) is 0 Å². The molecule has 0 amide bonds. The standard InChI is InChI=1S/C14H19F2NS/c15-10-6-7-13(16)12(8-10)14(17)9-18-11-4-2-1-3-5-11/h6-8,11,14H,1-5,9,17H2. The highest BCUT2D eigenvalue weighted by Gasteiger charge is 2.17. The molecule has 0 bridgehead atoms. The van der Waals surface area contributed by atoms with E-state index in [2.05, 4.69) is 0 Å². The van der Waals surface area contributed by atoms with Gasteiger partial charge in [0.25, 0.3) is 0 Å². The van der Waals surface area contributed by atoms with Crippen LogP contribution in [0.15, 0.2) is 18.2 Å². The lowest BCUT2D eigenvalue weighted by Gasteiger charge is -2.22. The quantitative estimate of drug-likeness (QED) is 0.894. The maximum atomic E-state index is 13.5. The third-order valence-electron chi connectivity index (χ3n) is 3.42. The molecule has 0 heterocycles. The van der Waals surface area contributed by atoms with Gasteiger partial charge in [-0.1, -0.05) is 19.3 Å². The Labute approximate surface area is 111 Å². The summed E-state index contributed by atoms with van der Waals surface area (Å²) in [5.74, 6) is -0.178. The number of hydrogen-bond acceptors (Lipinski definition) is 2. The lowest BCUT2D eigenvalue weighted by atomic mass is 10.0. The van der Waals surface area contributed by atoms with Crippen LogP contribution in [0.4, 0.5) is 8.78 Å². The first-order chi connectivity index (χ1) is 8.66. The number of benzene rings is 1. The first kappa shape index (κ1) is 13.8. The minimum absolute atomic E-state index is 0.290. The minimum atomic E-state index is -0.426. The molecule has 1 aliphatic rings. The van der Waals surface area contributed by atoms with Crippen LogP contribution in [0.5, 0.6) is 0 Å². The van der Waals surface area contributed by atoms with Crippen molar-refractivity contribution in [3.05, 3.63) is 35.4 Å². The largest absolute Gasteiger partial charge is 0.323 e. The molecule has 2 N–H and O–H groups in total. The zero-order valence-corrected chi connectivity index (χ0v) is 11.2. The Kier molecular flexibility index (Phi) is 5.01. The van der Waals surface area contributed by atoms with E-state index in [1.807, 2.05) is 0 Å². The summed E-state index contributed by atoms with van der Waals surface area (Å²) in [6.45, 7) is 0. The summed E-state index contributed by atoms with van der Waals surface area (Å²) < 4.78 is 26.6. The third-order valence-corrected chi connectivity index (χ3v) is 4.92. The van der Waals surface area contributed by atoms with E-state index < -0.39 is 17.7 Å². The van der Waals surface area contributed by atoms with Gasteiger partial charge in [-0.15, -0.1) is 0 Å². The molecule has 1 unspecified atom stereocenters. The van der Waals surface area contributed by atoms with E-state index in [1.54, 1.807) is 11.8 Å². The number of halogens is 2. The van der Waals surface area contributed by atoms with Gasteiger partial charge in [0, 0.05) is 22.6 Å². The molecule has 0 aliphatic heterocycles. The molecule has 1 fully saturated rings. The first-order valence-electron chi connectivity index (χ1n) is 6.49. The molecule has 100 valence electrons. The summed E-state index contributed by atoms with van der Waals surface area (Å²) in [5, 5.41) is 0.640. The van der Waals surface area contributed by atoms with Gasteiger partial charge >= 0.3 is 0 Å². The highest BCUT2D eigenvalue weighted by molar-refractivity contribution is 7.99. The molecule has 0 spiro atoms. The predicted octanol–water partition coefficient (Wildman–Crippen LogP) is 4.03. The van der Waals surface area contributed by atoms with Gasteiger partial charge in [0.1, 0.15) is 11.6 Å². The van der Waals surface area contributed by atoms with Crippen LogP contribution in [0, 0.1) is 11.6 Å². The van der Waals surface area contributed by atoms with Gasteiger partial charge in [-0.2, -0.15) is 11.8 Å². The molecule has 1 saturated carbocycles. The number of nitrogens with two attached hydrogens (primary N) is 1. The molecule has 18 heavy (non-hydrogen) atoms. The second-order valence-electron chi connectivity index (χ2n) is 4.87. The van der Waals surface area contributed by atoms with Crippen molar-refractivity contribution >= 4 is 11.8 Å². The molecule has 1 aromatic rings. The van der Waals surface area contributed by atoms with Crippen molar-refractivity contribution in [1.82, 2.24) is 0 Å². The highest BCUT2D eigenvalue weighted by Crippen LogP contribution is 2.30. The van der Waals surface area contributed by atoms with E-state index in [9.17, 15) is 8.78 Å². The maximum absolute atomic E-state index is 13.5. The van der Waals surface area contributed by atoms with Crippen molar-refractivity contribution in [2.75, 3.05) is 5.75 Å². The van der Waals surface area contributed by atoms with Crippen molar-refractivity contribution in [3.8, 4) is 0 Å². The molecule has 1 atom stereocenters. The molecule has 0 radical (unpaired) electrons. The second kappa shape index (κ2) is 6.53. The average Bonchev–Trinajstić information content (AvgIpc) is 2.40. The molecule has 0 aromatic heterocycles. The molecule has 0 saturated heterocycles. The zero-order valence-electron chi connectivity index (χ0n) is 10.4. The third kappa shape index (κ3) is 3.69. The van der Waals surface area contributed by atoms with Gasteiger partial charge in [-0.3, -0.25) is 0 Å². The monoisotopic (exact) mass is 271 g/mol. The summed E-state index contributed by atoms with van der Waals surface area (Å²) in [5.41, 5.74) is 6.24. The van der Waals surface area contributed by atoms with Gasteiger partial charge < -0.3 is 5.73 Å². The molecule has 1 aliphatic carbocycles. The second-order valence-corrected chi connectivity index (χ2v) is 6.20. The van der Waals surface area contributed by atoms with Gasteiger partial charge in [0.15, 0.2) is 0 Å². The van der Waals surface area contributed by atoms with Crippen molar-refractivity contribution in [1.29, 1.82) is 0 Å². The Hall–Kier alpha value is -0.610. The summed E-state index contributed by atoms with van der Waals surface area (Å²) in [6, 6.07) is 3.06. The van der Waals surface area contributed by atoms with Gasteiger partial charge in [-0.25, -0.2) is 8.78 Å². The molecule has 2 rings (SSSR count). The van der Waals surface area contributed by atoms with Crippen molar-refractivity contribution in [2.45, 2.75) is 43.4 Å².